The normalized spacial score (nSPS) is 12.1. The molecule has 1 rings (SSSR count). The first-order chi connectivity index (χ1) is 7.69. The van der Waals surface area contributed by atoms with Gasteiger partial charge in [-0.05, 0) is 25.0 Å². The highest BCUT2D eigenvalue weighted by molar-refractivity contribution is 5.77. The molecule has 0 aliphatic rings. The number of carbonyl (C=O) groups excluding carboxylic acids is 1. The first kappa shape index (κ1) is 12.5. The Bertz CT molecular complexity index is 353. The summed E-state index contributed by atoms with van der Waals surface area (Å²) in [7, 11) is 0. The second-order valence-corrected chi connectivity index (χ2v) is 3.58. The van der Waals surface area contributed by atoms with Crippen LogP contribution in [0.1, 0.15) is 12.5 Å². The van der Waals surface area contributed by atoms with Crippen molar-refractivity contribution in [2.75, 3.05) is 13.2 Å². The molecule has 1 aromatic carbocycles. The molecule has 0 aromatic heterocycles. The molecular weight excluding hydrogens is 204 g/mol. The third-order valence-electron chi connectivity index (χ3n) is 2.43. The Kier molecular flexibility index (Phi) is 4.79. The van der Waals surface area contributed by atoms with Gasteiger partial charge in [0.2, 0.25) is 5.91 Å². The summed E-state index contributed by atoms with van der Waals surface area (Å²) >= 11 is 0. The summed E-state index contributed by atoms with van der Waals surface area (Å²) in [6.07, 6.45) is 0.530. The number of benzene rings is 1. The van der Waals surface area contributed by atoms with Crippen LogP contribution in [0.25, 0.3) is 0 Å². The summed E-state index contributed by atoms with van der Waals surface area (Å²) in [5, 5.41) is 0. The average molecular weight is 222 g/mol. The first-order valence-electron chi connectivity index (χ1n) is 5.39. The van der Waals surface area contributed by atoms with Crippen molar-refractivity contribution >= 4 is 5.91 Å². The van der Waals surface area contributed by atoms with E-state index >= 15 is 0 Å². The van der Waals surface area contributed by atoms with E-state index in [4.69, 9.17) is 16.2 Å². The lowest BCUT2D eigenvalue weighted by molar-refractivity contribution is -0.121. The lowest BCUT2D eigenvalue weighted by atomic mass is 9.98. The zero-order valence-electron chi connectivity index (χ0n) is 9.48. The molecular formula is C12H18N2O2. The van der Waals surface area contributed by atoms with Gasteiger partial charge in [-0.15, -0.1) is 0 Å². The number of carbonyl (C=O) groups is 1. The van der Waals surface area contributed by atoms with Gasteiger partial charge in [-0.2, -0.15) is 0 Å². The SMILES string of the molecule is CCOc1ccccc1CC(CN)C(N)=O. The predicted octanol–water partition coefficient (Wildman–Crippen LogP) is 0.688. The van der Waals surface area contributed by atoms with Gasteiger partial charge in [0.15, 0.2) is 0 Å². The van der Waals surface area contributed by atoms with Crippen LogP contribution in [0.15, 0.2) is 24.3 Å². The van der Waals surface area contributed by atoms with Crippen LogP contribution in [0, 0.1) is 5.92 Å². The summed E-state index contributed by atoms with van der Waals surface area (Å²) in [4.78, 5) is 11.1. The van der Waals surface area contributed by atoms with Gasteiger partial charge in [0.05, 0.1) is 12.5 Å². The second kappa shape index (κ2) is 6.12. The molecule has 0 saturated carbocycles. The molecule has 4 heteroatoms. The van der Waals surface area contributed by atoms with Gasteiger partial charge in [-0.25, -0.2) is 0 Å². The highest BCUT2D eigenvalue weighted by Crippen LogP contribution is 2.21. The van der Waals surface area contributed by atoms with Gasteiger partial charge in [-0.3, -0.25) is 4.79 Å². The number of rotatable bonds is 6. The van der Waals surface area contributed by atoms with Crippen LogP contribution in [0.2, 0.25) is 0 Å². The molecule has 0 radical (unpaired) electrons. The monoisotopic (exact) mass is 222 g/mol. The van der Waals surface area contributed by atoms with Gasteiger partial charge < -0.3 is 16.2 Å². The molecule has 1 unspecified atom stereocenters. The summed E-state index contributed by atoms with van der Waals surface area (Å²) in [5.74, 6) is 0.0973. The molecule has 16 heavy (non-hydrogen) atoms. The van der Waals surface area contributed by atoms with Crippen LogP contribution in [0.5, 0.6) is 5.75 Å². The van der Waals surface area contributed by atoms with Crippen molar-refractivity contribution in [1.29, 1.82) is 0 Å². The van der Waals surface area contributed by atoms with E-state index in [-0.39, 0.29) is 18.4 Å². The van der Waals surface area contributed by atoms with Gasteiger partial charge in [0.1, 0.15) is 5.75 Å². The molecule has 0 saturated heterocycles. The number of hydrogen-bond donors (Lipinski definition) is 2. The van der Waals surface area contributed by atoms with Crippen LogP contribution >= 0.6 is 0 Å². The third kappa shape index (κ3) is 3.24. The lowest BCUT2D eigenvalue weighted by Crippen LogP contribution is -2.31. The van der Waals surface area contributed by atoms with Gasteiger partial charge in [0, 0.05) is 6.54 Å². The third-order valence-corrected chi connectivity index (χ3v) is 2.43. The van der Waals surface area contributed by atoms with Crippen molar-refractivity contribution in [1.82, 2.24) is 0 Å². The molecule has 4 N–H and O–H groups in total. The van der Waals surface area contributed by atoms with Gasteiger partial charge >= 0.3 is 0 Å². The highest BCUT2D eigenvalue weighted by Gasteiger charge is 2.16. The zero-order chi connectivity index (χ0) is 12.0. The van der Waals surface area contributed by atoms with Crippen LogP contribution < -0.4 is 16.2 Å². The topological polar surface area (TPSA) is 78.3 Å². The maximum absolute atomic E-state index is 11.1. The van der Waals surface area contributed by atoms with E-state index in [2.05, 4.69) is 0 Å². The minimum Gasteiger partial charge on any atom is -0.494 e. The van der Waals surface area contributed by atoms with E-state index in [9.17, 15) is 4.79 Å². The Labute approximate surface area is 95.6 Å². The Morgan fingerprint density at radius 3 is 2.69 bits per heavy atom. The summed E-state index contributed by atoms with van der Waals surface area (Å²) in [5.41, 5.74) is 11.7. The van der Waals surface area contributed by atoms with Gasteiger partial charge in [0.25, 0.3) is 0 Å². The quantitative estimate of drug-likeness (QED) is 0.743. The number of nitrogens with two attached hydrogens (primary N) is 2. The van der Waals surface area contributed by atoms with E-state index in [0.29, 0.717) is 13.0 Å². The summed E-state index contributed by atoms with van der Waals surface area (Å²) in [6.45, 7) is 2.78. The molecule has 0 fully saturated rings. The summed E-state index contributed by atoms with van der Waals surface area (Å²) in [6, 6.07) is 7.62. The maximum atomic E-state index is 11.1. The number of hydrogen-bond acceptors (Lipinski definition) is 3. The van der Waals surface area contributed by atoms with E-state index in [1.165, 1.54) is 0 Å². The fourth-order valence-electron chi connectivity index (χ4n) is 1.53. The Morgan fingerprint density at radius 2 is 2.12 bits per heavy atom. The van der Waals surface area contributed by atoms with E-state index in [1.54, 1.807) is 0 Å². The zero-order valence-corrected chi connectivity index (χ0v) is 9.48. The summed E-state index contributed by atoms with van der Waals surface area (Å²) < 4.78 is 5.47. The Morgan fingerprint density at radius 1 is 1.44 bits per heavy atom. The predicted molar refractivity (Wildman–Crippen MR) is 63.1 cm³/mol. The molecule has 4 nitrogen and oxygen atoms in total. The standard InChI is InChI=1S/C12H18N2O2/c1-2-16-11-6-4-3-5-9(11)7-10(8-13)12(14)15/h3-6,10H,2,7-8,13H2,1H3,(H2,14,15). The van der Waals surface area contributed by atoms with Crippen LogP contribution in [0.4, 0.5) is 0 Å². The Hall–Kier alpha value is -1.55. The first-order valence-corrected chi connectivity index (χ1v) is 5.39. The van der Waals surface area contributed by atoms with Crippen LogP contribution in [-0.4, -0.2) is 19.1 Å². The number of amides is 1. The number of para-hydroxylation sites is 1. The van der Waals surface area contributed by atoms with Crippen LogP contribution in [0.3, 0.4) is 0 Å². The van der Waals surface area contributed by atoms with E-state index in [0.717, 1.165) is 11.3 Å². The van der Waals surface area contributed by atoms with Crippen LogP contribution in [-0.2, 0) is 11.2 Å². The van der Waals surface area contributed by atoms with Crippen molar-refractivity contribution in [3.05, 3.63) is 29.8 Å². The molecule has 1 aromatic rings. The molecule has 88 valence electrons. The number of primary amides is 1. The lowest BCUT2D eigenvalue weighted by Gasteiger charge is -2.14. The van der Waals surface area contributed by atoms with E-state index in [1.807, 2.05) is 31.2 Å². The average Bonchev–Trinajstić information content (AvgIpc) is 2.27. The largest absolute Gasteiger partial charge is 0.494 e. The maximum Gasteiger partial charge on any atom is 0.222 e. The fraction of sp³-hybridized carbons (Fsp3) is 0.417. The molecule has 1 amide bonds. The minimum absolute atomic E-state index is 0.260. The highest BCUT2D eigenvalue weighted by atomic mass is 16.5. The molecule has 0 aliphatic carbocycles. The molecule has 0 bridgehead atoms. The molecule has 0 aliphatic heterocycles. The number of ether oxygens (including phenoxy) is 1. The van der Waals surface area contributed by atoms with Crippen molar-refractivity contribution in [2.24, 2.45) is 17.4 Å². The van der Waals surface area contributed by atoms with Crippen molar-refractivity contribution < 1.29 is 9.53 Å². The van der Waals surface area contributed by atoms with Crippen molar-refractivity contribution in [3.63, 3.8) is 0 Å². The minimum atomic E-state index is -0.367. The van der Waals surface area contributed by atoms with E-state index < -0.39 is 0 Å². The molecule has 0 spiro atoms. The molecule has 1 atom stereocenters. The molecule has 0 heterocycles. The van der Waals surface area contributed by atoms with Crippen molar-refractivity contribution in [2.45, 2.75) is 13.3 Å². The van der Waals surface area contributed by atoms with Crippen molar-refractivity contribution in [3.8, 4) is 5.75 Å². The fourth-order valence-corrected chi connectivity index (χ4v) is 1.53. The van der Waals surface area contributed by atoms with Gasteiger partial charge in [-0.1, -0.05) is 18.2 Å². The second-order valence-electron chi connectivity index (χ2n) is 3.58. The Balaban J connectivity index is 2.82. The smallest absolute Gasteiger partial charge is 0.222 e.